The zero-order chi connectivity index (χ0) is 23.3. The fourth-order valence-corrected chi connectivity index (χ4v) is 3.40. The van der Waals surface area contributed by atoms with Crippen LogP contribution in [0.1, 0.15) is 33.3 Å². The summed E-state index contributed by atoms with van der Waals surface area (Å²) in [5.74, 6) is -0.885. The molecule has 1 fully saturated rings. The molecule has 0 bridgehead atoms. The summed E-state index contributed by atoms with van der Waals surface area (Å²) in [6, 6.07) is 7.50. The van der Waals surface area contributed by atoms with Crippen molar-refractivity contribution < 1.29 is 35.7 Å². The van der Waals surface area contributed by atoms with E-state index >= 15 is 0 Å². The van der Waals surface area contributed by atoms with Crippen molar-refractivity contribution in [2.45, 2.75) is 18.3 Å². The Bertz CT molecular complexity index is 1140. The second-order valence-electron chi connectivity index (χ2n) is 7.17. The number of hydrogen-bond donors (Lipinski definition) is 0. The summed E-state index contributed by atoms with van der Waals surface area (Å²) in [5, 5.41) is 4.30. The molecule has 1 aliphatic rings. The Morgan fingerprint density at radius 3 is 2.19 bits per heavy atom. The van der Waals surface area contributed by atoms with Crippen molar-refractivity contribution in [3.05, 3.63) is 70.1 Å². The van der Waals surface area contributed by atoms with Gasteiger partial charge in [-0.25, -0.2) is 0 Å². The van der Waals surface area contributed by atoms with Gasteiger partial charge in [0.2, 0.25) is 11.7 Å². The number of amides is 1. The van der Waals surface area contributed by atoms with E-state index in [1.54, 1.807) is 24.3 Å². The lowest BCUT2D eigenvalue weighted by Gasteiger charge is -2.37. The summed E-state index contributed by atoms with van der Waals surface area (Å²) in [5.41, 5.74) is -3.19. The van der Waals surface area contributed by atoms with Crippen LogP contribution in [0.25, 0.3) is 11.4 Å². The molecule has 1 aromatic heterocycles. The third-order valence-electron chi connectivity index (χ3n) is 4.88. The van der Waals surface area contributed by atoms with Gasteiger partial charge in [-0.3, -0.25) is 4.79 Å². The molecule has 0 radical (unpaired) electrons. The monoisotopic (exact) mass is 475 g/mol. The smallest absolute Gasteiger partial charge is 0.339 e. The van der Waals surface area contributed by atoms with Gasteiger partial charge in [-0.2, -0.15) is 31.3 Å². The molecule has 168 valence electrons. The predicted octanol–water partition coefficient (Wildman–Crippen LogP) is 5.67. The van der Waals surface area contributed by atoms with Gasteiger partial charge < -0.3 is 9.42 Å². The predicted molar refractivity (Wildman–Crippen MR) is 99.8 cm³/mol. The van der Waals surface area contributed by atoms with Gasteiger partial charge in [0.25, 0.3) is 5.91 Å². The van der Waals surface area contributed by atoms with Gasteiger partial charge in [-0.05, 0) is 30.3 Å². The van der Waals surface area contributed by atoms with E-state index in [0.717, 1.165) is 4.90 Å². The molecular weight excluding hydrogens is 464 g/mol. The SMILES string of the molecule is O=C(c1cc(C(F)(F)F)cc(C(F)(F)F)c1)N1CC(c2nc(-c3cccc(Cl)c3)no2)C1. The third kappa shape index (κ3) is 4.43. The lowest BCUT2D eigenvalue weighted by molar-refractivity contribution is -0.143. The van der Waals surface area contributed by atoms with Crippen molar-refractivity contribution in [2.24, 2.45) is 0 Å². The molecular formula is C20H12ClF6N3O2. The molecule has 1 amide bonds. The second kappa shape index (κ2) is 7.80. The van der Waals surface area contributed by atoms with Crippen LogP contribution in [-0.2, 0) is 12.4 Å². The van der Waals surface area contributed by atoms with Crippen molar-refractivity contribution in [2.75, 3.05) is 13.1 Å². The normalized spacial score (nSPS) is 15.0. The van der Waals surface area contributed by atoms with Crippen molar-refractivity contribution >= 4 is 17.5 Å². The highest BCUT2D eigenvalue weighted by atomic mass is 35.5. The van der Waals surface area contributed by atoms with Crippen LogP contribution in [0.5, 0.6) is 0 Å². The van der Waals surface area contributed by atoms with Crippen LogP contribution in [0.3, 0.4) is 0 Å². The third-order valence-corrected chi connectivity index (χ3v) is 5.11. The largest absolute Gasteiger partial charge is 0.416 e. The number of hydrogen-bond acceptors (Lipinski definition) is 4. The van der Waals surface area contributed by atoms with E-state index in [0.29, 0.717) is 22.7 Å². The summed E-state index contributed by atoms with van der Waals surface area (Å²) < 4.78 is 83.3. The standard InChI is InChI=1S/C20H12ClF6N3O2/c21-15-3-1-2-10(6-15)16-28-17(32-29-16)12-8-30(9-12)18(31)11-4-13(19(22,23)24)7-14(5-11)20(25,26)27/h1-7,12H,8-9H2. The minimum absolute atomic E-state index is 0.00755. The highest BCUT2D eigenvalue weighted by Gasteiger charge is 2.40. The zero-order valence-electron chi connectivity index (χ0n) is 15.8. The molecule has 0 spiro atoms. The van der Waals surface area contributed by atoms with Gasteiger partial charge in [0, 0.05) is 29.2 Å². The van der Waals surface area contributed by atoms with E-state index in [2.05, 4.69) is 10.1 Å². The van der Waals surface area contributed by atoms with Crippen molar-refractivity contribution in [1.29, 1.82) is 0 Å². The highest BCUT2D eigenvalue weighted by Crippen LogP contribution is 2.37. The molecule has 2 aromatic carbocycles. The fourth-order valence-electron chi connectivity index (χ4n) is 3.21. The summed E-state index contributed by atoms with van der Waals surface area (Å²) in [4.78, 5) is 17.9. The Labute approximate surface area is 181 Å². The molecule has 2 heterocycles. The molecule has 1 aliphatic heterocycles. The van der Waals surface area contributed by atoms with Gasteiger partial charge in [0.05, 0.1) is 17.0 Å². The first-order valence-corrected chi connectivity index (χ1v) is 9.48. The summed E-state index contributed by atoms with van der Waals surface area (Å²) in [6.07, 6.45) is -10.1. The Morgan fingerprint density at radius 2 is 1.62 bits per heavy atom. The van der Waals surface area contributed by atoms with Gasteiger partial charge in [0.15, 0.2) is 0 Å². The van der Waals surface area contributed by atoms with E-state index < -0.39 is 40.9 Å². The number of alkyl halides is 6. The Kier molecular flexibility index (Phi) is 5.40. The maximum Gasteiger partial charge on any atom is 0.416 e. The molecule has 12 heteroatoms. The lowest BCUT2D eigenvalue weighted by Crippen LogP contribution is -2.48. The van der Waals surface area contributed by atoms with Crippen molar-refractivity contribution in [1.82, 2.24) is 15.0 Å². The molecule has 32 heavy (non-hydrogen) atoms. The maximum absolute atomic E-state index is 13.0. The van der Waals surface area contributed by atoms with Crippen LogP contribution in [0.2, 0.25) is 5.02 Å². The summed E-state index contributed by atoms with van der Waals surface area (Å²) in [7, 11) is 0. The molecule has 0 atom stereocenters. The minimum atomic E-state index is -5.03. The van der Waals surface area contributed by atoms with Crippen LogP contribution in [0, 0.1) is 0 Å². The number of carbonyl (C=O) groups excluding carboxylic acids is 1. The zero-order valence-corrected chi connectivity index (χ0v) is 16.6. The van der Waals surface area contributed by atoms with Gasteiger partial charge in [-0.15, -0.1) is 0 Å². The average molecular weight is 476 g/mol. The molecule has 0 N–H and O–H groups in total. The fraction of sp³-hybridized carbons (Fsp3) is 0.250. The highest BCUT2D eigenvalue weighted by molar-refractivity contribution is 6.30. The molecule has 0 aliphatic carbocycles. The van der Waals surface area contributed by atoms with Crippen LogP contribution in [0.4, 0.5) is 26.3 Å². The van der Waals surface area contributed by atoms with Crippen LogP contribution in [0.15, 0.2) is 47.0 Å². The van der Waals surface area contributed by atoms with Crippen molar-refractivity contribution in [3.63, 3.8) is 0 Å². The number of benzene rings is 2. The lowest BCUT2D eigenvalue weighted by atomic mass is 9.97. The number of aromatic nitrogens is 2. The number of halogens is 7. The number of rotatable bonds is 3. The van der Waals surface area contributed by atoms with Crippen molar-refractivity contribution in [3.8, 4) is 11.4 Å². The molecule has 3 aromatic rings. The summed E-state index contributed by atoms with van der Waals surface area (Å²) in [6.45, 7) is 0.0151. The number of likely N-dealkylation sites (tertiary alicyclic amines) is 1. The van der Waals surface area contributed by atoms with Crippen LogP contribution in [-0.4, -0.2) is 34.0 Å². The Hall–Kier alpha value is -3.08. The minimum Gasteiger partial charge on any atom is -0.339 e. The first-order valence-electron chi connectivity index (χ1n) is 9.10. The van der Waals surface area contributed by atoms with E-state index in [9.17, 15) is 31.1 Å². The average Bonchev–Trinajstić information content (AvgIpc) is 3.14. The molecule has 4 rings (SSSR count). The topological polar surface area (TPSA) is 59.2 Å². The maximum atomic E-state index is 13.0. The van der Waals surface area contributed by atoms with Crippen LogP contribution >= 0.6 is 11.6 Å². The second-order valence-corrected chi connectivity index (χ2v) is 7.60. The van der Waals surface area contributed by atoms with Gasteiger partial charge >= 0.3 is 12.4 Å². The number of carbonyl (C=O) groups is 1. The number of nitrogens with zero attached hydrogens (tertiary/aromatic N) is 3. The molecule has 1 saturated heterocycles. The Morgan fingerprint density at radius 1 is 1.00 bits per heavy atom. The first kappa shape index (κ1) is 22.1. The van der Waals surface area contributed by atoms with Crippen LogP contribution < -0.4 is 0 Å². The molecule has 0 saturated carbocycles. The van der Waals surface area contributed by atoms with Gasteiger partial charge in [0.1, 0.15) is 0 Å². The molecule has 0 unspecified atom stereocenters. The van der Waals surface area contributed by atoms with E-state index in [4.69, 9.17) is 16.1 Å². The molecule has 5 nitrogen and oxygen atoms in total. The van der Waals surface area contributed by atoms with E-state index in [-0.39, 0.29) is 30.9 Å². The van der Waals surface area contributed by atoms with E-state index in [1.807, 2.05) is 0 Å². The Balaban J connectivity index is 1.50. The van der Waals surface area contributed by atoms with E-state index in [1.165, 1.54) is 0 Å². The summed E-state index contributed by atoms with van der Waals surface area (Å²) >= 11 is 5.92. The van der Waals surface area contributed by atoms with Gasteiger partial charge in [-0.1, -0.05) is 28.9 Å². The first-order chi connectivity index (χ1) is 14.9. The quantitative estimate of drug-likeness (QED) is 0.458.